The van der Waals surface area contributed by atoms with Crippen LogP contribution in [0.15, 0.2) is 23.6 Å². The fourth-order valence-electron chi connectivity index (χ4n) is 3.40. The molecule has 1 aromatic heterocycles. The van der Waals surface area contributed by atoms with E-state index in [4.69, 9.17) is 0 Å². The zero-order valence-electron chi connectivity index (χ0n) is 14.1. The summed E-state index contributed by atoms with van der Waals surface area (Å²) in [5, 5.41) is 8.42. The van der Waals surface area contributed by atoms with Crippen LogP contribution in [0.2, 0.25) is 0 Å². The number of anilines is 2. The van der Waals surface area contributed by atoms with Gasteiger partial charge in [0.1, 0.15) is 5.82 Å². The number of thiazole rings is 1. The van der Waals surface area contributed by atoms with Crippen molar-refractivity contribution >= 4 is 34.0 Å². The maximum absolute atomic E-state index is 13.4. The summed E-state index contributed by atoms with van der Waals surface area (Å²) in [5.41, 5.74) is 1.82. The van der Waals surface area contributed by atoms with Crippen LogP contribution in [0.25, 0.3) is 0 Å². The van der Waals surface area contributed by atoms with Gasteiger partial charge in [-0.05, 0) is 30.5 Å². The first kappa shape index (κ1) is 17.0. The summed E-state index contributed by atoms with van der Waals surface area (Å²) in [4.78, 5) is 31.3. The van der Waals surface area contributed by atoms with Gasteiger partial charge in [0.05, 0.1) is 18.2 Å². The van der Waals surface area contributed by atoms with Crippen molar-refractivity contribution in [3.63, 3.8) is 0 Å². The summed E-state index contributed by atoms with van der Waals surface area (Å²) >= 11 is 1.58. The highest BCUT2D eigenvalue weighted by Crippen LogP contribution is 2.33. The molecule has 8 heteroatoms. The van der Waals surface area contributed by atoms with E-state index in [1.807, 2.05) is 5.38 Å². The largest absolute Gasteiger partial charge is 0.350 e. The molecule has 3 heterocycles. The third-order valence-electron chi connectivity index (χ3n) is 4.73. The smallest absolute Gasteiger partial charge is 0.228 e. The Kier molecular flexibility index (Phi) is 4.58. The Morgan fingerprint density at radius 1 is 1.38 bits per heavy atom. The molecule has 0 spiro atoms. The first-order chi connectivity index (χ1) is 12.6. The van der Waals surface area contributed by atoms with E-state index in [1.165, 1.54) is 25.0 Å². The van der Waals surface area contributed by atoms with E-state index in [2.05, 4.69) is 20.5 Å². The monoisotopic (exact) mass is 374 g/mol. The number of aromatic nitrogens is 1. The molecule has 0 radical (unpaired) electrons. The Balaban J connectivity index is 1.43. The number of benzene rings is 1. The van der Waals surface area contributed by atoms with Crippen LogP contribution >= 0.6 is 11.3 Å². The molecule has 2 aliphatic heterocycles. The molecule has 1 fully saturated rings. The third kappa shape index (κ3) is 3.41. The zero-order valence-corrected chi connectivity index (χ0v) is 14.9. The molecule has 2 amide bonds. The second kappa shape index (κ2) is 7.03. The van der Waals surface area contributed by atoms with Crippen molar-refractivity contribution in [2.45, 2.75) is 31.7 Å². The number of fused-ring (bicyclic) bond motifs is 1. The van der Waals surface area contributed by atoms with Gasteiger partial charge < -0.3 is 15.5 Å². The van der Waals surface area contributed by atoms with Gasteiger partial charge in [-0.15, -0.1) is 11.3 Å². The highest BCUT2D eigenvalue weighted by atomic mass is 32.1. The van der Waals surface area contributed by atoms with Crippen LogP contribution in [0.3, 0.4) is 0 Å². The normalized spacial score (nSPS) is 19.2. The van der Waals surface area contributed by atoms with Crippen molar-refractivity contribution in [3.8, 4) is 0 Å². The number of hydrogen-bond donors (Lipinski definition) is 2. The standard InChI is InChI=1S/C18H19FN4O2S/c19-11-3-4-13-14(8-16(24)22-15(13)7-11)17(25)20-9-12-10-26-18(21-12)23-5-1-2-6-23/h3-4,7,10,14H,1-2,5-6,8-9H2,(H,20,25)(H,22,24)/t14-/m0/s1. The van der Waals surface area contributed by atoms with Gasteiger partial charge in [0.2, 0.25) is 11.8 Å². The van der Waals surface area contributed by atoms with Crippen LogP contribution in [0.4, 0.5) is 15.2 Å². The van der Waals surface area contributed by atoms with Crippen LogP contribution in [-0.2, 0) is 16.1 Å². The van der Waals surface area contributed by atoms with E-state index in [-0.39, 0.29) is 18.2 Å². The average molecular weight is 374 g/mol. The molecule has 4 rings (SSSR count). The summed E-state index contributed by atoms with van der Waals surface area (Å²) < 4.78 is 13.4. The van der Waals surface area contributed by atoms with Crippen molar-refractivity contribution in [2.24, 2.45) is 0 Å². The summed E-state index contributed by atoms with van der Waals surface area (Å²) in [6.07, 6.45) is 2.44. The first-order valence-electron chi connectivity index (χ1n) is 8.66. The summed E-state index contributed by atoms with van der Waals surface area (Å²) in [7, 11) is 0. The molecule has 1 aromatic carbocycles. The first-order valence-corrected chi connectivity index (χ1v) is 9.54. The minimum atomic E-state index is -0.615. The van der Waals surface area contributed by atoms with Gasteiger partial charge in [-0.3, -0.25) is 9.59 Å². The zero-order chi connectivity index (χ0) is 18.1. The minimum Gasteiger partial charge on any atom is -0.350 e. The highest BCUT2D eigenvalue weighted by molar-refractivity contribution is 7.13. The summed E-state index contributed by atoms with van der Waals surface area (Å²) in [6.45, 7) is 2.38. The fourth-order valence-corrected chi connectivity index (χ4v) is 4.28. The van der Waals surface area contributed by atoms with Gasteiger partial charge in [0.25, 0.3) is 0 Å². The van der Waals surface area contributed by atoms with Crippen LogP contribution in [0, 0.1) is 5.82 Å². The van der Waals surface area contributed by atoms with Crippen molar-refractivity contribution in [3.05, 3.63) is 40.7 Å². The number of carbonyl (C=O) groups excluding carboxylic acids is 2. The lowest BCUT2D eigenvalue weighted by Gasteiger charge is -2.24. The average Bonchev–Trinajstić information content (AvgIpc) is 3.29. The van der Waals surface area contributed by atoms with E-state index >= 15 is 0 Å². The Hall–Kier alpha value is -2.48. The van der Waals surface area contributed by atoms with Crippen molar-refractivity contribution < 1.29 is 14.0 Å². The van der Waals surface area contributed by atoms with Gasteiger partial charge in [-0.25, -0.2) is 9.37 Å². The number of nitrogens with one attached hydrogen (secondary N) is 2. The van der Waals surface area contributed by atoms with Crippen molar-refractivity contribution in [1.29, 1.82) is 0 Å². The van der Waals surface area contributed by atoms with Crippen LogP contribution in [-0.4, -0.2) is 29.9 Å². The molecule has 2 aliphatic rings. The van der Waals surface area contributed by atoms with Crippen LogP contribution < -0.4 is 15.5 Å². The molecule has 136 valence electrons. The molecule has 2 N–H and O–H groups in total. The third-order valence-corrected chi connectivity index (χ3v) is 5.68. The Morgan fingerprint density at radius 3 is 3.00 bits per heavy atom. The maximum Gasteiger partial charge on any atom is 0.228 e. The van der Waals surface area contributed by atoms with Crippen molar-refractivity contribution in [1.82, 2.24) is 10.3 Å². The molecule has 2 aromatic rings. The van der Waals surface area contributed by atoms with Gasteiger partial charge in [0.15, 0.2) is 5.13 Å². The molecule has 0 saturated carbocycles. The number of rotatable bonds is 4. The molecule has 0 bridgehead atoms. The van der Waals surface area contributed by atoms with E-state index < -0.39 is 11.7 Å². The fraction of sp³-hybridized carbons (Fsp3) is 0.389. The Morgan fingerprint density at radius 2 is 2.19 bits per heavy atom. The molecule has 0 unspecified atom stereocenters. The van der Waals surface area contributed by atoms with Gasteiger partial charge >= 0.3 is 0 Å². The topological polar surface area (TPSA) is 74.3 Å². The maximum atomic E-state index is 13.4. The van der Waals surface area contributed by atoms with Gasteiger partial charge in [-0.2, -0.15) is 0 Å². The molecule has 26 heavy (non-hydrogen) atoms. The lowest BCUT2D eigenvalue weighted by atomic mass is 9.89. The number of carbonyl (C=O) groups is 2. The summed E-state index contributed by atoms with van der Waals surface area (Å²) in [6, 6.07) is 4.11. The predicted octanol–water partition coefficient (Wildman–Crippen LogP) is 2.62. The van der Waals surface area contributed by atoms with Gasteiger partial charge in [-0.1, -0.05) is 6.07 Å². The lowest BCUT2D eigenvalue weighted by molar-refractivity contribution is -0.126. The molecular weight excluding hydrogens is 355 g/mol. The van der Waals surface area contributed by atoms with Crippen LogP contribution in [0.1, 0.15) is 36.4 Å². The van der Waals surface area contributed by atoms with E-state index in [9.17, 15) is 14.0 Å². The number of hydrogen-bond acceptors (Lipinski definition) is 5. The number of amides is 2. The number of nitrogens with zero attached hydrogens (tertiary/aromatic N) is 2. The molecular formula is C18H19FN4O2S. The van der Waals surface area contributed by atoms with E-state index in [1.54, 1.807) is 17.4 Å². The second-order valence-electron chi connectivity index (χ2n) is 6.57. The second-order valence-corrected chi connectivity index (χ2v) is 7.41. The predicted molar refractivity (Wildman–Crippen MR) is 97.8 cm³/mol. The quantitative estimate of drug-likeness (QED) is 0.863. The molecule has 0 aliphatic carbocycles. The van der Waals surface area contributed by atoms with E-state index in [0.29, 0.717) is 17.8 Å². The van der Waals surface area contributed by atoms with Crippen molar-refractivity contribution in [2.75, 3.05) is 23.3 Å². The Bertz CT molecular complexity index is 847. The lowest BCUT2D eigenvalue weighted by Crippen LogP contribution is -2.34. The molecule has 1 saturated heterocycles. The summed E-state index contributed by atoms with van der Waals surface area (Å²) in [5.74, 6) is -1.59. The van der Waals surface area contributed by atoms with E-state index in [0.717, 1.165) is 23.9 Å². The number of halogens is 1. The molecule has 6 nitrogen and oxygen atoms in total. The SMILES string of the molecule is O=C1C[C@H](C(=O)NCc2csc(N3CCCC3)n2)c2ccc(F)cc2N1. The van der Waals surface area contributed by atoms with Gasteiger partial charge in [0, 0.05) is 30.6 Å². The Labute approximate surface area is 154 Å². The minimum absolute atomic E-state index is 0.0561. The molecule has 1 atom stereocenters. The van der Waals surface area contributed by atoms with Crippen LogP contribution in [0.5, 0.6) is 0 Å². The highest BCUT2D eigenvalue weighted by Gasteiger charge is 2.31.